The molecular formula is C16H16FO. The fourth-order valence-electron chi connectivity index (χ4n) is 2.23. The molecule has 0 aliphatic heterocycles. The molecule has 0 atom stereocenters. The molecular weight excluding hydrogens is 227 g/mol. The highest BCUT2D eigenvalue weighted by atomic mass is 19.1. The number of unbranched alkanes of at least 4 members (excludes halogenated alkanes) is 3. The van der Waals surface area contributed by atoms with Crippen molar-refractivity contribution >= 4 is 17.1 Å². The second-order valence-corrected chi connectivity index (χ2v) is 4.46. The summed E-state index contributed by atoms with van der Waals surface area (Å²) in [5, 5.41) is 1.69. The summed E-state index contributed by atoms with van der Waals surface area (Å²) in [5.41, 5.74) is 1.18. The monoisotopic (exact) mass is 243 g/mol. The zero-order chi connectivity index (χ0) is 12.8. The Morgan fingerprint density at radius 2 is 1.72 bits per heavy atom. The largest absolute Gasteiger partial charge is 0.291 e. The normalized spacial score (nSPS) is 10.7. The van der Waals surface area contributed by atoms with Crippen molar-refractivity contribution in [2.24, 2.45) is 0 Å². The molecule has 1 radical (unpaired) electrons. The molecule has 0 unspecified atom stereocenters. The summed E-state index contributed by atoms with van der Waals surface area (Å²) in [7, 11) is 0. The lowest BCUT2D eigenvalue weighted by Crippen LogP contribution is -1.90. The second kappa shape index (κ2) is 6.29. The Kier molecular flexibility index (Phi) is 4.46. The van der Waals surface area contributed by atoms with E-state index in [0.717, 1.165) is 31.1 Å². The number of hydrogen-bond acceptors (Lipinski definition) is 1. The van der Waals surface area contributed by atoms with Gasteiger partial charge in [-0.05, 0) is 36.3 Å². The molecule has 18 heavy (non-hydrogen) atoms. The van der Waals surface area contributed by atoms with Crippen molar-refractivity contribution in [1.29, 1.82) is 0 Å². The quantitative estimate of drug-likeness (QED) is 0.695. The van der Waals surface area contributed by atoms with Gasteiger partial charge in [-0.15, -0.1) is 0 Å². The molecule has 2 rings (SSSR count). The topological polar surface area (TPSA) is 17.1 Å². The van der Waals surface area contributed by atoms with E-state index in [0.29, 0.717) is 11.8 Å². The molecule has 1 nitrogen and oxygen atoms in total. The van der Waals surface area contributed by atoms with Crippen LogP contribution in [0.5, 0.6) is 0 Å². The van der Waals surface area contributed by atoms with Crippen LogP contribution in [0, 0.1) is 5.82 Å². The maximum Gasteiger partial charge on any atom is 0.198 e. The Hall–Kier alpha value is -1.70. The zero-order valence-corrected chi connectivity index (χ0v) is 10.3. The number of carbonyl (C=O) groups excluding carboxylic acids is 1. The van der Waals surface area contributed by atoms with Gasteiger partial charge in [-0.2, -0.15) is 0 Å². The number of rotatable bonds is 6. The molecule has 0 heterocycles. The molecule has 0 aliphatic rings. The van der Waals surface area contributed by atoms with E-state index < -0.39 is 0 Å². The van der Waals surface area contributed by atoms with E-state index in [1.165, 1.54) is 11.6 Å². The minimum absolute atomic E-state index is 0.162. The van der Waals surface area contributed by atoms with Gasteiger partial charge in [0, 0.05) is 11.8 Å². The first kappa shape index (κ1) is 12.7. The predicted octanol–water partition coefficient (Wildman–Crippen LogP) is 4.19. The third-order valence-corrected chi connectivity index (χ3v) is 3.19. The van der Waals surface area contributed by atoms with Crippen molar-refractivity contribution in [1.82, 2.24) is 0 Å². The molecule has 0 N–H and O–H groups in total. The van der Waals surface area contributed by atoms with Crippen LogP contribution in [0.4, 0.5) is 4.39 Å². The van der Waals surface area contributed by atoms with E-state index in [-0.39, 0.29) is 5.82 Å². The molecule has 2 heteroatoms. The summed E-state index contributed by atoms with van der Waals surface area (Å²) in [6, 6.07) is 11.0. The van der Waals surface area contributed by atoms with Crippen LogP contribution in [0.15, 0.2) is 36.4 Å². The molecule has 0 saturated carbocycles. The van der Waals surface area contributed by atoms with Crippen LogP contribution in [-0.2, 0) is 11.2 Å². The summed E-state index contributed by atoms with van der Waals surface area (Å²) < 4.78 is 13.6. The van der Waals surface area contributed by atoms with Crippen molar-refractivity contribution in [2.75, 3.05) is 0 Å². The Morgan fingerprint density at radius 3 is 2.50 bits per heavy atom. The van der Waals surface area contributed by atoms with Gasteiger partial charge in [-0.1, -0.05) is 36.8 Å². The highest BCUT2D eigenvalue weighted by molar-refractivity contribution is 5.86. The second-order valence-electron chi connectivity index (χ2n) is 4.46. The van der Waals surface area contributed by atoms with Crippen molar-refractivity contribution in [2.45, 2.75) is 32.1 Å². The van der Waals surface area contributed by atoms with E-state index in [2.05, 4.69) is 0 Å². The van der Waals surface area contributed by atoms with E-state index in [1.54, 1.807) is 0 Å². The molecule has 0 spiro atoms. The molecule has 0 aliphatic carbocycles. The van der Waals surface area contributed by atoms with Crippen molar-refractivity contribution in [3.8, 4) is 0 Å². The molecule has 0 aromatic heterocycles. The fourth-order valence-corrected chi connectivity index (χ4v) is 2.23. The van der Waals surface area contributed by atoms with Crippen molar-refractivity contribution < 1.29 is 9.18 Å². The van der Waals surface area contributed by atoms with Gasteiger partial charge in [0.1, 0.15) is 5.82 Å². The van der Waals surface area contributed by atoms with Crippen LogP contribution >= 0.6 is 0 Å². The van der Waals surface area contributed by atoms with E-state index >= 15 is 0 Å². The number of hydrogen-bond donors (Lipinski definition) is 0. The van der Waals surface area contributed by atoms with Crippen molar-refractivity contribution in [3.05, 3.63) is 47.8 Å². The van der Waals surface area contributed by atoms with Crippen LogP contribution in [0.1, 0.15) is 31.2 Å². The summed E-state index contributed by atoms with van der Waals surface area (Å²) >= 11 is 0. The minimum atomic E-state index is -0.162. The molecule has 0 amide bonds. The third-order valence-electron chi connectivity index (χ3n) is 3.19. The lowest BCUT2D eigenvalue weighted by Gasteiger charge is -2.07. The average molecular weight is 243 g/mol. The first-order chi connectivity index (χ1) is 8.83. The SMILES string of the molecule is O=[C]CCCCCc1ccc(F)c2ccccc12. The molecule has 0 fully saturated rings. The van der Waals surface area contributed by atoms with Gasteiger partial charge in [0.15, 0.2) is 6.29 Å². The fraction of sp³-hybridized carbons (Fsp3) is 0.312. The smallest absolute Gasteiger partial charge is 0.198 e. The highest BCUT2D eigenvalue weighted by Gasteiger charge is 2.04. The van der Waals surface area contributed by atoms with Crippen LogP contribution in [0.2, 0.25) is 0 Å². The van der Waals surface area contributed by atoms with Crippen LogP contribution < -0.4 is 0 Å². The molecule has 0 bridgehead atoms. The lowest BCUT2D eigenvalue weighted by molar-refractivity contribution is 0.545. The summed E-state index contributed by atoms with van der Waals surface area (Å²) in [4.78, 5) is 10.1. The summed E-state index contributed by atoms with van der Waals surface area (Å²) in [6.07, 6.45) is 6.28. The van der Waals surface area contributed by atoms with Gasteiger partial charge in [0.2, 0.25) is 0 Å². The van der Waals surface area contributed by atoms with Crippen LogP contribution in [0.25, 0.3) is 10.8 Å². The van der Waals surface area contributed by atoms with E-state index in [1.807, 2.05) is 36.6 Å². The number of aryl methyl sites for hydroxylation is 1. The molecule has 2 aromatic carbocycles. The minimum Gasteiger partial charge on any atom is -0.291 e. The molecule has 93 valence electrons. The van der Waals surface area contributed by atoms with Gasteiger partial charge < -0.3 is 0 Å². The van der Waals surface area contributed by atoms with Gasteiger partial charge in [-0.25, -0.2) is 4.39 Å². The maximum absolute atomic E-state index is 13.6. The Labute approximate surface area is 107 Å². The van der Waals surface area contributed by atoms with Gasteiger partial charge >= 0.3 is 0 Å². The lowest BCUT2D eigenvalue weighted by atomic mass is 9.99. The Balaban J connectivity index is 2.09. The Bertz CT molecular complexity index is 534. The standard InChI is InChI=1S/C16H16FO/c17-16-11-10-13(7-3-1-2-6-12-18)14-8-4-5-9-15(14)16/h4-5,8-11H,1-3,6-7H2. The summed E-state index contributed by atoms with van der Waals surface area (Å²) in [6.45, 7) is 0. The first-order valence-corrected chi connectivity index (χ1v) is 6.34. The van der Waals surface area contributed by atoms with Crippen LogP contribution in [-0.4, -0.2) is 6.29 Å². The van der Waals surface area contributed by atoms with E-state index in [4.69, 9.17) is 0 Å². The van der Waals surface area contributed by atoms with Gasteiger partial charge in [-0.3, -0.25) is 4.79 Å². The average Bonchev–Trinajstić information content (AvgIpc) is 2.41. The third kappa shape index (κ3) is 2.95. The Morgan fingerprint density at radius 1 is 0.944 bits per heavy atom. The van der Waals surface area contributed by atoms with Gasteiger partial charge in [0.05, 0.1) is 0 Å². The predicted molar refractivity (Wildman–Crippen MR) is 71.8 cm³/mol. The molecule has 0 saturated heterocycles. The summed E-state index contributed by atoms with van der Waals surface area (Å²) in [5.74, 6) is -0.162. The number of halogens is 1. The maximum atomic E-state index is 13.6. The first-order valence-electron chi connectivity index (χ1n) is 6.34. The number of fused-ring (bicyclic) bond motifs is 1. The van der Waals surface area contributed by atoms with Crippen LogP contribution in [0.3, 0.4) is 0 Å². The number of benzene rings is 2. The van der Waals surface area contributed by atoms with Gasteiger partial charge in [0.25, 0.3) is 0 Å². The highest BCUT2D eigenvalue weighted by Crippen LogP contribution is 2.23. The molecule has 2 aromatic rings. The van der Waals surface area contributed by atoms with Crippen molar-refractivity contribution in [3.63, 3.8) is 0 Å². The zero-order valence-electron chi connectivity index (χ0n) is 10.3. The van der Waals surface area contributed by atoms with E-state index in [9.17, 15) is 9.18 Å².